The van der Waals surface area contributed by atoms with Gasteiger partial charge in [-0.1, -0.05) is 0 Å². The highest BCUT2D eigenvalue weighted by atomic mass is 32.2. The van der Waals surface area contributed by atoms with Crippen LogP contribution >= 0.6 is 0 Å². The van der Waals surface area contributed by atoms with Gasteiger partial charge in [0, 0.05) is 7.05 Å². The van der Waals surface area contributed by atoms with E-state index in [9.17, 15) is 12.8 Å². The van der Waals surface area contributed by atoms with E-state index in [4.69, 9.17) is 10.00 Å². The summed E-state index contributed by atoms with van der Waals surface area (Å²) in [6.07, 6.45) is 0. The number of fused-ring (bicyclic) bond motifs is 1. The Morgan fingerprint density at radius 2 is 2.21 bits per heavy atom. The van der Waals surface area contributed by atoms with Crippen molar-refractivity contribution in [3.63, 3.8) is 0 Å². The van der Waals surface area contributed by atoms with Gasteiger partial charge in [-0.25, -0.2) is 4.39 Å². The fourth-order valence-electron chi connectivity index (χ4n) is 1.82. The molecule has 19 heavy (non-hydrogen) atoms. The highest BCUT2D eigenvalue weighted by Crippen LogP contribution is 2.36. The lowest BCUT2D eigenvalue weighted by atomic mass is 10.1. The zero-order valence-corrected chi connectivity index (χ0v) is 11.0. The van der Waals surface area contributed by atoms with Crippen LogP contribution < -0.4 is 4.74 Å². The number of nitrogens with zero attached hydrogens (tertiary/aromatic N) is 3. The predicted molar refractivity (Wildman–Crippen MR) is 64.9 cm³/mol. The van der Waals surface area contributed by atoms with Gasteiger partial charge >= 0.3 is 0 Å². The van der Waals surface area contributed by atoms with Crippen LogP contribution in [0, 0.1) is 17.1 Å². The van der Waals surface area contributed by atoms with E-state index in [2.05, 4.69) is 4.40 Å². The fourth-order valence-corrected chi connectivity index (χ4v) is 3.13. The van der Waals surface area contributed by atoms with E-state index in [1.807, 2.05) is 6.07 Å². The van der Waals surface area contributed by atoms with Crippen molar-refractivity contribution in [3.8, 4) is 11.8 Å². The summed E-state index contributed by atoms with van der Waals surface area (Å²) in [5.41, 5.74) is 0.0558. The molecule has 0 atom stereocenters. The lowest BCUT2D eigenvalue weighted by Gasteiger charge is -2.16. The number of sulfonamides is 1. The number of nitriles is 1. The molecule has 0 unspecified atom stereocenters. The highest BCUT2D eigenvalue weighted by Gasteiger charge is 2.36. The Balaban J connectivity index is 2.73. The molecule has 1 aliphatic heterocycles. The molecule has 0 bridgehead atoms. The van der Waals surface area contributed by atoms with Gasteiger partial charge in [0.05, 0.1) is 18.7 Å². The largest absolute Gasteiger partial charge is 0.496 e. The second-order valence-corrected chi connectivity index (χ2v) is 5.40. The van der Waals surface area contributed by atoms with Crippen LogP contribution in [0.15, 0.2) is 21.4 Å². The quantitative estimate of drug-likeness (QED) is 0.747. The Bertz CT molecular complexity index is 707. The number of halogens is 1. The number of methoxy groups -OCH3 is 1. The molecule has 0 aromatic heterocycles. The third kappa shape index (κ3) is 2.02. The summed E-state index contributed by atoms with van der Waals surface area (Å²) in [5.74, 6) is -0.686. The van der Waals surface area contributed by atoms with Crippen LogP contribution in [0.1, 0.15) is 5.56 Å². The second-order valence-electron chi connectivity index (χ2n) is 3.86. The van der Waals surface area contributed by atoms with E-state index in [-0.39, 0.29) is 23.7 Å². The molecule has 0 saturated carbocycles. The van der Waals surface area contributed by atoms with Gasteiger partial charge in [-0.05, 0) is 12.1 Å². The molecular weight excluding hydrogens is 273 g/mol. The molecule has 0 spiro atoms. The maximum absolute atomic E-state index is 13.7. The van der Waals surface area contributed by atoms with E-state index in [0.717, 1.165) is 6.07 Å². The Labute approximate surface area is 109 Å². The number of rotatable bonds is 2. The second kappa shape index (κ2) is 4.51. The normalized spacial score (nSPS) is 15.4. The van der Waals surface area contributed by atoms with Gasteiger partial charge in [0.1, 0.15) is 23.0 Å². The standard InChI is InChI=1S/C11H10FN3O3S/c1-15(6-5-13)11-9-8(18-2)4-3-7(12)10(9)19(16,17)14-11/h3-4H,6H2,1-2H3. The Morgan fingerprint density at radius 1 is 1.53 bits per heavy atom. The van der Waals surface area contributed by atoms with Crippen LogP contribution in [0.25, 0.3) is 0 Å². The minimum atomic E-state index is -4.10. The number of hydrogen-bond acceptors (Lipinski definition) is 5. The van der Waals surface area contributed by atoms with Crippen molar-refractivity contribution in [3.05, 3.63) is 23.5 Å². The van der Waals surface area contributed by atoms with Crippen molar-refractivity contribution in [2.45, 2.75) is 4.90 Å². The third-order valence-electron chi connectivity index (χ3n) is 2.65. The lowest BCUT2D eigenvalue weighted by Crippen LogP contribution is -2.27. The topological polar surface area (TPSA) is 82.8 Å². The Morgan fingerprint density at radius 3 is 2.79 bits per heavy atom. The van der Waals surface area contributed by atoms with Gasteiger partial charge in [0.2, 0.25) is 0 Å². The van der Waals surface area contributed by atoms with Gasteiger partial charge in [-0.15, -0.1) is 4.40 Å². The summed E-state index contributed by atoms with van der Waals surface area (Å²) in [5, 5.41) is 8.65. The van der Waals surface area contributed by atoms with Crippen LogP contribution in [-0.2, 0) is 10.0 Å². The third-order valence-corrected chi connectivity index (χ3v) is 3.98. The minimum absolute atomic E-state index is 0.00731. The molecule has 0 N–H and O–H groups in total. The first-order valence-corrected chi connectivity index (χ1v) is 6.66. The van der Waals surface area contributed by atoms with Gasteiger partial charge in [0.15, 0.2) is 5.84 Å². The van der Waals surface area contributed by atoms with Gasteiger partial charge in [-0.3, -0.25) is 0 Å². The summed E-state index contributed by atoms with van der Waals surface area (Å²) >= 11 is 0. The first-order valence-electron chi connectivity index (χ1n) is 5.22. The summed E-state index contributed by atoms with van der Waals surface area (Å²) in [7, 11) is -1.25. The SMILES string of the molecule is COc1ccc(F)c2c1C(N(C)CC#N)=NS2(=O)=O. The molecule has 100 valence electrons. The number of ether oxygens (including phenoxy) is 1. The monoisotopic (exact) mass is 283 g/mol. The van der Waals surface area contributed by atoms with E-state index in [1.54, 1.807) is 0 Å². The summed E-state index contributed by atoms with van der Waals surface area (Å²) < 4.78 is 46.0. The zero-order chi connectivity index (χ0) is 14.2. The lowest BCUT2D eigenvalue weighted by molar-refractivity contribution is 0.409. The molecule has 0 aliphatic carbocycles. The molecule has 0 amide bonds. The smallest absolute Gasteiger partial charge is 0.288 e. The predicted octanol–water partition coefficient (Wildman–Crippen LogP) is 0.739. The van der Waals surface area contributed by atoms with Gasteiger partial charge in [-0.2, -0.15) is 13.7 Å². The van der Waals surface area contributed by atoms with Crippen molar-refractivity contribution >= 4 is 15.9 Å². The first kappa shape index (κ1) is 13.3. The van der Waals surface area contributed by atoms with Gasteiger partial charge < -0.3 is 9.64 Å². The Hall–Kier alpha value is -2.14. The maximum atomic E-state index is 13.7. The number of hydrogen-bond donors (Lipinski definition) is 0. The molecular formula is C11H10FN3O3S. The van der Waals surface area contributed by atoms with E-state index in [0.29, 0.717) is 0 Å². The minimum Gasteiger partial charge on any atom is -0.496 e. The maximum Gasteiger partial charge on any atom is 0.288 e. The Kier molecular flexibility index (Phi) is 3.16. The summed E-state index contributed by atoms with van der Waals surface area (Å²) in [4.78, 5) is 0.817. The molecule has 1 aliphatic rings. The van der Waals surface area contributed by atoms with Crippen molar-refractivity contribution in [2.75, 3.05) is 20.7 Å². The number of amidine groups is 1. The van der Waals surface area contributed by atoms with E-state index in [1.165, 1.54) is 25.1 Å². The molecule has 1 aromatic carbocycles. The fraction of sp³-hybridized carbons (Fsp3) is 0.273. The molecule has 0 radical (unpaired) electrons. The van der Waals surface area contributed by atoms with E-state index >= 15 is 0 Å². The van der Waals surface area contributed by atoms with Crippen LogP contribution in [0.3, 0.4) is 0 Å². The average molecular weight is 283 g/mol. The van der Waals surface area contributed by atoms with Crippen LogP contribution in [-0.4, -0.2) is 39.9 Å². The van der Waals surface area contributed by atoms with Crippen molar-refractivity contribution in [1.29, 1.82) is 5.26 Å². The molecule has 1 aromatic rings. The summed E-state index contributed by atoms with van der Waals surface area (Å²) in [6, 6.07) is 4.21. The van der Waals surface area contributed by atoms with Crippen LogP contribution in [0.5, 0.6) is 5.75 Å². The highest BCUT2D eigenvalue weighted by molar-refractivity contribution is 7.90. The van der Waals surface area contributed by atoms with Gasteiger partial charge in [0.25, 0.3) is 10.0 Å². The molecule has 1 heterocycles. The van der Waals surface area contributed by atoms with Crippen LogP contribution in [0.2, 0.25) is 0 Å². The first-order chi connectivity index (χ1) is 8.92. The molecule has 6 nitrogen and oxygen atoms in total. The number of benzene rings is 1. The zero-order valence-electron chi connectivity index (χ0n) is 10.2. The van der Waals surface area contributed by atoms with Crippen molar-refractivity contribution < 1.29 is 17.5 Å². The molecule has 0 fully saturated rings. The molecule has 0 saturated heterocycles. The average Bonchev–Trinajstić information content (AvgIpc) is 2.64. The summed E-state index contributed by atoms with van der Waals surface area (Å²) in [6.45, 7) is -0.0759. The van der Waals surface area contributed by atoms with Crippen molar-refractivity contribution in [2.24, 2.45) is 4.40 Å². The molecule has 8 heteroatoms. The molecule has 2 rings (SSSR count). The van der Waals surface area contributed by atoms with E-state index < -0.39 is 20.7 Å². The van der Waals surface area contributed by atoms with Crippen molar-refractivity contribution in [1.82, 2.24) is 4.90 Å². The van der Waals surface area contributed by atoms with Crippen LogP contribution in [0.4, 0.5) is 4.39 Å².